The van der Waals surface area contributed by atoms with Gasteiger partial charge in [0, 0.05) is 55.1 Å². The first-order valence-electron chi connectivity index (χ1n) is 13.4. The average molecular weight is 502 g/mol. The Morgan fingerprint density at radius 1 is 1.24 bits per heavy atom. The number of aliphatic hydroxyl groups is 1. The summed E-state index contributed by atoms with van der Waals surface area (Å²) >= 11 is 0. The number of halogens is 1. The highest BCUT2D eigenvalue weighted by atomic mass is 19.1. The number of nitrogens with one attached hydrogen (secondary N) is 1. The Kier molecular flexibility index (Phi) is 5.37. The van der Waals surface area contributed by atoms with Gasteiger partial charge in [-0.25, -0.2) is 4.39 Å². The normalized spacial score (nSPS) is 28.0. The summed E-state index contributed by atoms with van der Waals surface area (Å²) in [4.78, 5) is 19.5. The molecule has 1 amide bonds. The zero-order chi connectivity index (χ0) is 25.3. The van der Waals surface area contributed by atoms with Crippen molar-refractivity contribution in [3.63, 3.8) is 0 Å². The molecular formula is C29H32FN5O2. The third-order valence-corrected chi connectivity index (χ3v) is 8.87. The minimum Gasteiger partial charge on any atom is -0.394 e. The lowest BCUT2D eigenvalue weighted by molar-refractivity contribution is -0.134. The van der Waals surface area contributed by atoms with E-state index in [0.717, 1.165) is 78.9 Å². The van der Waals surface area contributed by atoms with E-state index in [1.165, 1.54) is 11.1 Å². The topological polar surface area (TPSA) is 71.4 Å². The van der Waals surface area contributed by atoms with Crippen LogP contribution in [0.1, 0.15) is 48.8 Å². The van der Waals surface area contributed by atoms with Crippen LogP contribution in [0.3, 0.4) is 0 Å². The van der Waals surface area contributed by atoms with E-state index in [9.17, 15) is 14.3 Å². The van der Waals surface area contributed by atoms with E-state index in [2.05, 4.69) is 34.5 Å². The molecule has 2 bridgehead atoms. The number of amides is 1. The largest absolute Gasteiger partial charge is 0.394 e. The molecule has 0 saturated carbocycles. The van der Waals surface area contributed by atoms with E-state index in [4.69, 9.17) is 5.10 Å². The summed E-state index contributed by atoms with van der Waals surface area (Å²) in [6.07, 6.45) is 13.2. The molecule has 7 nitrogen and oxygen atoms in total. The molecule has 2 fully saturated rings. The van der Waals surface area contributed by atoms with Gasteiger partial charge in [0.1, 0.15) is 5.82 Å². The number of allylic oxidation sites excluding steroid dienone is 2. The SMILES string of the molecule is CN1C=C2C(=C(C3=C[C@H]4CC[C@@H](C3)N4CC(=O)N3CCC[C@H]3CO)C1)NN=C1C=Cc3cc(F)cc2c31. The molecule has 3 atom stereocenters. The van der Waals surface area contributed by atoms with Gasteiger partial charge in [-0.3, -0.25) is 15.1 Å². The van der Waals surface area contributed by atoms with Crippen molar-refractivity contribution < 1.29 is 14.3 Å². The number of benzene rings is 1. The summed E-state index contributed by atoms with van der Waals surface area (Å²) in [5.41, 5.74) is 11.3. The minimum absolute atomic E-state index is 0.0299. The number of hydrazone groups is 1. The van der Waals surface area contributed by atoms with Crippen molar-refractivity contribution in [2.45, 2.75) is 50.2 Å². The number of likely N-dealkylation sites (tertiary alicyclic amines) is 1. The summed E-state index contributed by atoms with van der Waals surface area (Å²) in [7, 11) is 2.06. The molecule has 0 unspecified atom stereocenters. The molecule has 2 N–H and O–H groups in total. The van der Waals surface area contributed by atoms with E-state index < -0.39 is 0 Å². The Morgan fingerprint density at radius 2 is 2.14 bits per heavy atom. The van der Waals surface area contributed by atoms with Gasteiger partial charge in [-0.1, -0.05) is 12.2 Å². The predicted molar refractivity (Wildman–Crippen MR) is 141 cm³/mol. The molecule has 5 heterocycles. The van der Waals surface area contributed by atoms with E-state index in [0.29, 0.717) is 12.6 Å². The van der Waals surface area contributed by atoms with Gasteiger partial charge in [-0.2, -0.15) is 5.10 Å². The van der Waals surface area contributed by atoms with Crippen molar-refractivity contribution >= 4 is 23.3 Å². The van der Waals surface area contributed by atoms with Crippen LogP contribution in [-0.4, -0.2) is 82.8 Å². The molecule has 7 rings (SSSR count). The monoisotopic (exact) mass is 501 g/mol. The molecule has 0 radical (unpaired) electrons. The van der Waals surface area contributed by atoms with Gasteiger partial charge >= 0.3 is 0 Å². The van der Waals surface area contributed by atoms with Crippen LogP contribution in [-0.2, 0) is 4.79 Å². The van der Waals surface area contributed by atoms with Crippen molar-refractivity contribution in [3.05, 3.63) is 69.8 Å². The van der Waals surface area contributed by atoms with Gasteiger partial charge in [0.25, 0.3) is 0 Å². The standard InChI is InChI=1S/C29H32FN5O2/c1-33-13-24(29-25(14-33)23-12-19(30)9-17-4-7-26(28(17)23)31-32-29)18-10-20-5-6-21(11-18)35(20)15-27(37)34-8-2-3-22(34)16-36/h4,7,9-10,12,14,20-22,32,36H,2-3,5-6,8,11,13,15-16H2,1H3/t20-,21+,22+/m1/s1. The molecule has 6 aliphatic rings. The third-order valence-electron chi connectivity index (χ3n) is 8.87. The van der Waals surface area contributed by atoms with Gasteiger partial charge in [-0.05, 0) is 67.0 Å². The van der Waals surface area contributed by atoms with Crippen molar-refractivity contribution in [3.8, 4) is 0 Å². The highest BCUT2D eigenvalue weighted by Gasteiger charge is 2.41. The van der Waals surface area contributed by atoms with E-state index in [1.54, 1.807) is 12.1 Å². The van der Waals surface area contributed by atoms with Crippen molar-refractivity contribution in [1.29, 1.82) is 0 Å². The first-order chi connectivity index (χ1) is 18.0. The lowest BCUT2D eigenvalue weighted by Gasteiger charge is -2.37. The highest BCUT2D eigenvalue weighted by molar-refractivity contribution is 6.20. The Labute approximate surface area is 216 Å². The van der Waals surface area contributed by atoms with Crippen molar-refractivity contribution in [2.24, 2.45) is 5.10 Å². The molecule has 37 heavy (non-hydrogen) atoms. The first-order valence-corrected chi connectivity index (χ1v) is 13.4. The number of fused-ring (bicyclic) bond motifs is 4. The molecule has 5 aliphatic heterocycles. The summed E-state index contributed by atoms with van der Waals surface area (Å²) in [6, 6.07) is 3.71. The van der Waals surface area contributed by atoms with Gasteiger partial charge in [0.2, 0.25) is 5.91 Å². The lowest BCUT2D eigenvalue weighted by Crippen LogP contribution is -2.48. The number of hydrogen-bond donors (Lipinski definition) is 2. The van der Waals surface area contributed by atoms with Gasteiger partial charge in [0.05, 0.1) is 30.6 Å². The molecule has 1 aromatic rings. The van der Waals surface area contributed by atoms with Crippen LogP contribution in [0.5, 0.6) is 0 Å². The number of carbonyl (C=O) groups is 1. The number of hydrogen-bond acceptors (Lipinski definition) is 6. The Hall–Kier alpha value is -3.23. The maximum Gasteiger partial charge on any atom is 0.237 e. The van der Waals surface area contributed by atoms with Crippen molar-refractivity contribution in [1.82, 2.24) is 20.1 Å². The Balaban J connectivity index is 1.21. The fraction of sp³-hybridized carbons (Fsp3) is 0.448. The second kappa shape index (κ2) is 8.67. The van der Waals surface area contributed by atoms with Crippen LogP contribution in [0.2, 0.25) is 0 Å². The minimum atomic E-state index is -0.242. The van der Waals surface area contributed by atoms with Crippen LogP contribution in [0, 0.1) is 5.82 Å². The van der Waals surface area contributed by atoms with E-state index in [-0.39, 0.29) is 30.4 Å². The third kappa shape index (κ3) is 3.68. The molecule has 192 valence electrons. The number of rotatable bonds is 4. The smallest absolute Gasteiger partial charge is 0.237 e. The maximum absolute atomic E-state index is 14.6. The fourth-order valence-electron chi connectivity index (χ4n) is 7.12. The Bertz CT molecular complexity index is 1340. The van der Waals surface area contributed by atoms with Gasteiger partial charge in [0.15, 0.2) is 0 Å². The second-order valence-corrected chi connectivity index (χ2v) is 11.1. The zero-order valence-electron chi connectivity index (χ0n) is 21.1. The van der Waals surface area contributed by atoms with Gasteiger partial charge in [-0.15, -0.1) is 0 Å². The van der Waals surface area contributed by atoms with Crippen LogP contribution in [0.25, 0.3) is 11.6 Å². The molecule has 0 spiro atoms. The molecule has 2 saturated heterocycles. The van der Waals surface area contributed by atoms with Crippen LogP contribution < -0.4 is 5.43 Å². The number of nitrogens with zero attached hydrogens (tertiary/aromatic N) is 4. The van der Waals surface area contributed by atoms with E-state index in [1.807, 2.05) is 17.1 Å². The Morgan fingerprint density at radius 3 is 2.97 bits per heavy atom. The predicted octanol–water partition coefficient (Wildman–Crippen LogP) is 2.85. The summed E-state index contributed by atoms with van der Waals surface area (Å²) in [5, 5.41) is 14.4. The van der Waals surface area contributed by atoms with E-state index >= 15 is 0 Å². The van der Waals surface area contributed by atoms with Crippen LogP contribution in [0.4, 0.5) is 4.39 Å². The van der Waals surface area contributed by atoms with Gasteiger partial charge < -0.3 is 14.9 Å². The summed E-state index contributed by atoms with van der Waals surface area (Å²) in [6.45, 7) is 1.96. The number of carbonyl (C=O) groups excluding carboxylic acids is 1. The molecule has 1 aromatic carbocycles. The van der Waals surface area contributed by atoms with Crippen LogP contribution >= 0.6 is 0 Å². The van der Waals surface area contributed by atoms with Crippen molar-refractivity contribution in [2.75, 3.05) is 33.3 Å². The quantitative estimate of drug-likeness (QED) is 0.664. The summed E-state index contributed by atoms with van der Waals surface area (Å²) < 4.78 is 14.6. The molecule has 8 heteroatoms. The molecule has 1 aliphatic carbocycles. The zero-order valence-corrected chi connectivity index (χ0v) is 21.1. The maximum atomic E-state index is 14.6. The highest BCUT2D eigenvalue weighted by Crippen LogP contribution is 2.43. The second-order valence-electron chi connectivity index (χ2n) is 11.1. The van der Waals surface area contributed by atoms with Crippen LogP contribution in [0.15, 0.2) is 52.4 Å². The molecular weight excluding hydrogens is 469 g/mol. The lowest BCUT2D eigenvalue weighted by atomic mass is 9.86. The first kappa shape index (κ1) is 22.9. The number of likely N-dealkylation sites (N-methyl/N-ethyl adjacent to an activating group) is 1. The average Bonchev–Trinajstić information content (AvgIpc) is 3.55. The number of aliphatic hydroxyl groups excluding tert-OH is 1. The molecule has 0 aromatic heterocycles. The fourth-order valence-corrected chi connectivity index (χ4v) is 7.12. The summed E-state index contributed by atoms with van der Waals surface area (Å²) in [5.74, 6) is -0.104.